The molecule has 2 fully saturated rings. The fraction of sp³-hybridized carbons (Fsp3) is 0.423. The van der Waals surface area contributed by atoms with Gasteiger partial charge in [0.2, 0.25) is 5.91 Å². The van der Waals surface area contributed by atoms with Gasteiger partial charge in [-0.3, -0.25) is 14.4 Å². The van der Waals surface area contributed by atoms with Crippen molar-refractivity contribution < 1.29 is 24.6 Å². The number of carbonyl (C=O) groups excluding carboxylic acids is 2. The predicted octanol–water partition coefficient (Wildman–Crippen LogP) is 3.12. The molecule has 7 heteroatoms. The molecule has 0 bridgehead atoms. The van der Waals surface area contributed by atoms with Crippen LogP contribution < -0.4 is 5.32 Å². The van der Waals surface area contributed by atoms with E-state index in [-0.39, 0.29) is 24.3 Å². The third kappa shape index (κ3) is 4.02. The van der Waals surface area contributed by atoms with Gasteiger partial charge in [0.25, 0.3) is 12.4 Å². The van der Waals surface area contributed by atoms with E-state index in [1.165, 1.54) is 5.56 Å². The number of para-hydroxylation sites is 1. The van der Waals surface area contributed by atoms with Gasteiger partial charge in [-0.1, -0.05) is 48.5 Å². The van der Waals surface area contributed by atoms with Crippen molar-refractivity contribution in [2.75, 3.05) is 11.9 Å². The molecule has 5 rings (SSSR count). The summed E-state index contributed by atoms with van der Waals surface area (Å²) in [7, 11) is 0. The number of likely N-dealkylation sites (tertiary alicyclic amines) is 1. The van der Waals surface area contributed by atoms with E-state index in [1.54, 1.807) is 0 Å². The number of hydrogen-bond donors (Lipinski definition) is 3. The van der Waals surface area contributed by atoms with Gasteiger partial charge in [-0.15, -0.1) is 0 Å². The van der Waals surface area contributed by atoms with Gasteiger partial charge in [0, 0.05) is 12.2 Å². The van der Waals surface area contributed by atoms with Crippen molar-refractivity contribution in [2.45, 2.75) is 62.0 Å². The molecular formula is C26H30N2O5. The first-order valence-electron chi connectivity index (χ1n) is 11.5. The summed E-state index contributed by atoms with van der Waals surface area (Å²) in [5, 5.41) is 21.0. The van der Waals surface area contributed by atoms with Gasteiger partial charge in [-0.25, -0.2) is 0 Å². The Balaban J connectivity index is 0.000000821. The molecule has 2 aromatic carbocycles. The number of nitrogens with one attached hydrogen (secondary N) is 1. The average Bonchev–Trinajstić information content (AvgIpc) is 3.51. The number of rotatable bonds is 4. The lowest BCUT2D eigenvalue weighted by molar-refractivity contribution is -0.152. The first kappa shape index (κ1) is 23.0. The van der Waals surface area contributed by atoms with Crippen LogP contribution in [-0.4, -0.2) is 51.6 Å². The van der Waals surface area contributed by atoms with Gasteiger partial charge >= 0.3 is 0 Å². The molecule has 2 aromatic rings. The highest BCUT2D eigenvalue weighted by Gasteiger charge is 2.60. The molecule has 2 aliphatic heterocycles. The summed E-state index contributed by atoms with van der Waals surface area (Å²) in [6.45, 7) is 0.252. The minimum Gasteiger partial charge on any atom is -0.483 e. The molecule has 2 amide bonds. The Labute approximate surface area is 193 Å². The monoisotopic (exact) mass is 450 g/mol. The number of carboxylic acid groups (broad SMARTS) is 1. The Kier molecular flexibility index (Phi) is 6.51. The Morgan fingerprint density at radius 3 is 2.39 bits per heavy atom. The van der Waals surface area contributed by atoms with E-state index in [9.17, 15) is 14.7 Å². The zero-order chi connectivity index (χ0) is 23.5. The quantitative estimate of drug-likeness (QED) is 0.621. The van der Waals surface area contributed by atoms with Gasteiger partial charge in [0.1, 0.15) is 5.60 Å². The standard InChI is InChI=1S/C25H28N2O3.CH2O2/c28-22-25(19-10-4-5-11-20(19)26-22)16-17-27(23(29)24(30)14-6-7-15-24)21(25)13-12-18-8-2-1-3-9-18;2-1-3/h1-5,8-11,21,30H,6-7,12-17H2,(H,26,28);1H,(H,2,3)/t21-,25-;/m0./s1. The molecule has 3 aliphatic rings. The summed E-state index contributed by atoms with van der Waals surface area (Å²) in [5.74, 6) is -0.206. The van der Waals surface area contributed by atoms with E-state index < -0.39 is 11.0 Å². The average molecular weight is 451 g/mol. The summed E-state index contributed by atoms with van der Waals surface area (Å²) >= 11 is 0. The summed E-state index contributed by atoms with van der Waals surface area (Å²) < 4.78 is 0. The highest BCUT2D eigenvalue weighted by molar-refractivity contribution is 6.07. The van der Waals surface area contributed by atoms with Crippen LogP contribution in [0, 0.1) is 0 Å². The summed E-state index contributed by atoms with van der Waals surface area (Å²) in [5.41, 5.74) is 1.02. The molecule has 1 saturated heterocycles. The van der Waals surface area contributed by atoms with Crippen LogP contribution in [0.2, 0.25) is 0 Å². The van der Waals surface area contributed by atoms with Gasteiger partial charge in [0.05, 0.1) is 11.5 Å². The molecule has 3 N–H and O–H groups in total. The number of carbonyl (C=O) groups is 3. The highest BCUT2D eigenvalue weighted by Crippen LogP contribution is 2.50. The van der Waals surface area contributed by atoms with E-state index in [2.05, 4.69) is 17.4 Å². The van der Waals surface area contributed by atoms with Crippen LogP contribution >= 0.6 is 0 Å². The maximum atomic E-state index is 13.5. The number of amides is 2. The van der Waals surface area contributed by atoms with Gasteiger partial charge in [0.15, 0.2) is 0 Å². The summed E-state index contributed by atoms with van der Waals surface area (Å²) in [6, 6.07) is 17.8. The van der Waals surface area contributed by atoms with Crippen molar-refractivity contribution >= 4 is 24.0 Å². The molecule has 0 unspecified atom stereocenters. The van der Waals surface area contributed by atoms with Crippen molar-refractivity contribution in [2.24, 2.45) is 0 Å². The minimum absolute atomic E-state index is 0.0181. The van der Waals surface area contributed by atoms with Crippen LogP contribution in [0.3, 0.4) is 0 Å². The number of hydrogen-bond acceptors (Lipinski definition) is 4. The van der Waals surface area contributed by atoms with Crippen LogP contribution in [-0.2, 0) is 26.2 Å². The zero-order valence-corrected chi connectivity index (χ0v) is 18.6. The Bertz CT molecular complexity index is 1020. The highest BCUT2D eigenvalue weighted by atomic mass is 16.3. The minimum atomic E-state index is -1.27. The zero-order valence-electron chi connectivity index (χ0n) is 18.6. The van der Waals surface area contributed by atoms with E-state index in [1.807, 2.05) is 47.4 Å². The first-order valence-corrected chi connectivity index (χ1v) is 11.5. The smallest absolute Gasteiger partial charge is 0.290 e. The van der Waals surface area contributed by atoms with E-state index in [4.69, 9.17) is 9.90 Å². The topological polar surface area (TPSA) is 107 Å². The van der Waals surface area contributed by atoms with Crippen molar-refractivity contribution in [3.63, 3.8) is 0 Å². The predicted molar refractivity (Wildman–Crippen MR) is 124 cm³/mol. The van der Waals surface area contributed by atoms with Gasteiger partial charge in [-0.05, 0) is 62.1 Å². The molecular weight excluding hydrogens is 420 g/mol. The Hall–Kier alpha value is -3.19. The van der Waals surface area contributed by atoms with Crippen molar-refractivity contribution in [3.8, 4) is 0 Å². The van der Waals surface area contributed by atoms with Crippen LogP contribution in [0.5, 0.6) is 0 Å². The molecule has 0 aromatic heterocycles. The molecule has 2 atom stereocenters. The van der Waals surface area contributed by atoms with E-state index >= 15 is 0 Å². The maximum Gasteiger partial charge on any atom is 0.290 e. The largest absolute Gasteiger partial charge is 0.483 e. The molecule has 33 heavy (non-hydrogen) atoms. The molecule has 1 spiro atoms. The SMILES string of the molecule is O=C(N1CC[C@@]2(C(=O)Nc3ccccc32)[C@@H]1CCc1ccccc1)C1(O)CCCC1.O=CO. The Morgan fingerprint density at radius 1 is 1.06 bits per heavy atom. The van der Waals surface area contributed by atoms with Crippen LogP contribution in [0.1, 0.15) is 49.7 Å². The second-order valence-electron chi connectivity index (χ2n) is 9.10. The van der Waals surface area contributed by atoms with Crippen molar-refractivity contribution in [1.29, 1.82) is 0 Å². The third-order valence-electron chi connectivity index (χ3n) is 7.39. The fourth-order valence-corrected chi connectivity index (χ4v) is 5.84. The van der Waals surface area contributed by atoms with Crippen molar-refractivity contribution in [1.82, 2.24) is 4.90 Å². The molecule has 174 valence electrons. The molecule has 2 heterocycles. The number of aliphatic hydroxyl groups is 1. The van der Waals surface area contributed by atoms with Crippen LogP contribution in [0.25, 0.3) is 0 Å². The summed E-state index contributed by atoms with van der Waals surface area (Å²) in [6.07, 6.45) is 4.85. The summed E-state index contributed by atoms with van der Waals surface area (Å²) in [4.78, 5) is 37.0. The molecule has 1 saturated carbocycles. The lowest BCUT2D eigenvalue weighted by Crippen LogP contribution is -2.54. The molecule has 7 nitrogen and oxygen atoms in total. The second-order valence-corrected chi connectivity index (χ2v) is 9.10. The number of aryl methyl sites for hydroxylation is 1. The third-order valence-corrected chi connectivity index (χ3v) is 7.39. The van der Waals surface area contributed by atoms with Gasteiger partial charge in [-0.2, -0.15) is 0 Å². The second kappa shape index (κ2) is 9.35. The Morgan fingerprint density at radius 2 is 1.70 bits per heavy atom. The number of benzene rings is 2. The van der Waals surface area contributed by atoms with Crippen LogP contribution in [0.15, 0.2) is 54.6 Å². The van der Waals surface area contributed by atoms with E-state index in [0.717, 1.165) is 30.5 Å². The fourth-order valence-electron chi connectivity index (χ4n) is 5.84. The molecule has 1 aliphatic carbocycles. The van der Waals surface area contributed by atoms with Crippen molar-refractivity contribution in [3.05, 3.63) is 65.7 Å². The number of fused-ring (bicyclic) bond motifs is 2. The lowest BCUT2D eigenvalue weighted by atomic mass is 9.73. The molecule has 0 radical (unpaired) electrons. The van der Waals surface area contributed by atoms with E-state index in [0.29, 0.717) is 32.2 Å². The lowest BCUT2D eigenvalue weighted by Gasteiger charge is -2.37. The van der Waals surface area contributed by atoms with Crippen LogP contribution in [0.4, 0.5) is 5.69 Å². The normalized spacial score (nSPS) is 24.7. The first-order chi connectivity index (χ1) is 16.0. The number of nitrogens with zero attached hydrogens (tertiary/aromatic N) is 1. The van der Waals surface area contributed by atoms with Gasteiger partial charge < -0.3 is 20.4 Å². The maximum absolute atomic E-state index is 13.5. The number of anilines is 1.